The lowest BCUT2D eigenvalue weighted by atomic mass is 10.4. The summed E-state index contributed by atoms with van der Waals surface area (Å²) in [6.07, 6.45) is 3.68. The Bertz CT molecular complexity index is 526. The number of thiazole rings is 1. The van der Waals surface area contributed by atoms with E-state index in [9.17, 15) is 0 Å². The molecule has 2 heterocycles. The molecule has 102 valence electrons. The zero-order valence-electron chi connectivity index (χ0n) is 11.6. The lowest BCUT2D eigenvalue weighted by molar-refractivity contribution is 0.119. The molecule has 0 aliphatic rings. The van der Waals surface area contributed by atoms with Crippen molar-refractivity contribution in [2.45, 2.75) is 26.5 Å². The summed E-state index contributed by atoms with van der Waals surface area (Å²) in [5.41, 5.74) is 2.07. The number of hydrogen-bond acceptors (Lipinski definition) is 6. The van der Waals surface area contributed by atoms with Crippen LogP contribution >= 0.6 is 11.3 Å². The molecule has 0 amide bonds. The molecule has 2 rings (SSSR count). The number of methoxy groups -OCH3 is 1. The van der Waals surface area contributed by atoms with Gasteiger partial charge < -0.3 is 9.64 Å². The average Bonchev–Trinajstić information content (AvgIpc) is 2.87. The first-order chi connectivity index (χ1) is 9.10. The molecule has 2 aromatic rings. The van der Waals surface area contributed by atoms with E-state index in [1.807, 2.05) is 38.2 Å². The van der Waals surface area contributed by atoms with E-state index in [-0.39, 0.29) is 6.10 Å². The van der Waals surface area contributed by atoms with Crippen LogP contribution in [0.25, 0.3) is 0 Å². The summed E-state index contributed by atoms with van der Waals surface area (Å²) in [6, 6.07) is 0. The van der Waals surface area contributed by atoms with Gasteiger partial charge in [-0.2, -0.15) is 0 Å². The molecule has 0 aliphatic carbocycles. The topological polar surface area (TPSA) is 51.1 Å². The van der Waals surface area contributed by atoms with E-state index < -0.39 is 0 Å². The smallest absolute Gasteiger partial charge is 0.225 e. The first-order valence-electron chi connectivity index (χ1n) is 6.07. The van der Waals surface area contributed by atoms with E-state index in [0.717, 1.165) is 16.3 Å². The minimum absolute atomic E-state index is 0.0414. The van der Waals surface area contributed by atoms with Gasteiger partial charge in [0.1, 0.15) is 11.1 Å². The molecule has 1 atom stereocenters. The van der Waals surface area contributed by atoms with Gasteiger partial charge in [0.15, 0.2) is 0 Å². The van der Waals surface area contributed by atoms with Crippen molar-refractivity contribution in [3.63, 3.8) is 0 Å². The highest BCUT2D eigenvalue weighted by atomic mass is 32.1. The van der Waals surface area contributed by atoms with Crippen LogP contribution in [0.15, 0.2) is 17.8 Å². The third-order valence-electron chi connectivity index (χ3n) is 2.78. The Morgan fingerprint density at radius 1 is 1.37 bits per heavy atom. The van der Waals surface area contributed by atoms with Crippen LogP contribution in [0.1, 0.15) is 29.3 Å². The molecule has 1 unspecified atom stereocenters. The molecule has 0 aliphatic heterocycles. The molecular weight excluding hydrogens is 260 g/mol. The first-order valence-corrected chi connectivity index (χ1v) is 6.95. The van der Waals surface area contributed by atoms with Crippen LogP contribution in [0.3, 0.4) is 0 Å². The van der Waals surface area contributed by atoms with Crippen LogP contribution < -0.4 is 4.90 Å². The maximum Gasteiger partial charge on any atom is 0.225 e. The van der Waals surface area contributed by atoms with Crippen molar-refractivity contribution in [2.75, 3.05) is 19.1 Å². The Kier molecular flexibility index (Phi) is 4.44. The van der Waals surface area contributed by atoms with Gasteiger partial charge in [0, 0.05) is 31.9 Å². The zero-order chi connectivity index (χ0) is 13.8. The van der Waals surface area contributed by atoms with Crippen molar-refractivity contribution in [1.82, 2.24) is 15.0 Å². The van der Waals surface area contributed by atoms with Gasteiger partial charge in [0.25, 0.3) is 0 Å². The summed E-state index contributed by atoms with van der Waals surface area (Å²) in [5.74, 6) is 0.708. The molecule has 0 saturated heterocycles. The predicted molar refractivity (Wildman–Crippen MR) is 76.4 cm³/mol. The molecule has 5 nitrogen and oxygen atoms in total. The lowest BCUT2D eigenvalue weighted by Crippen LogP contribution is -2.19. The number of rotatable bonds is 5. The molecule has 0 N–H and O–H groups in total. The SMILES string of the molecule is COC(C)c1nc(CN(C)c2ncc(C)cn2)cs1. The Morgan fingerprint density at radius 3 is 2.68 bits per heavy atom. The van der Waals surface area contributed by atoms with Crippen LogP contribution in [0.2, 0.25) is 0 Å². The fourth-order valence-corrected chi connectivity index (χ4v) is 2.42. The predicted octanol–water partition coefficient (Wildman–Crippen LogP) is 2.59. The second-order valence-corrected chi connectivity index (χ2v) is 5.36. The highest BCUT2D eigenvalue weighted by Gasteiger charge is 2.11. The molecule has 19 heavy (non-hydrogen) atoms. The highest BCUT2D eigenvalue weighted by Crippen LogP contribution is 2.21. The Labute approximate surface area is 117 Å². The van der Waals surface area contributed by atoms with E-state index >= 15 is 0 Å². The molecule has 0 radical (unpaired) electrons. The second-order valence-electron chi connectivity index (χ2n) is 4.47. The molecular formula is C13H18N4OS. The van der Waals surface area contributed by atoms with Crippen LogP contribution in [-0.2, 0) is 11.3 Å². The number of aromatic nitrogens is 3. The third kappa shape index (κ3) is 3.48. The van der Waals surface area contributed by atoms with Crippen molar-refractivity contribution in [2.24, 2.45) is 0 Å². The van der Waals surface area contributed by atoms with Gasteiger partial charge in [-0.3, -0.25) is 0 Å². The van der Waals surface area contributed by atoms with Crippen LogP contribution in [0.5, 0.6) is 0 Å². The van der Waals surface area contributed by atoms with Crippen molar-refractivity contribution in [1.29, 1.82) is 0 Å². The van der Waals surface area contributed by atoms with E-state index in [2.05, 4.69) is 20.3 Å². The minimum Gasteiger partial charge on any atom is -0.375 e. The van der Waals surface area contributed by atoms with Gasteiger partial charge in [-0.1, -0.05) is 0 Å². The molecule has 0 bridgehead atoms. The molecule has 0 saturated carbocycles. The fraction of sp³-hybridized carbons (Fsp3) is 0.462. The van der Waals surface area contributed by atoms with Gasteiger partial charge >= 0.3 is 0 Å². The van der Waals surface area contributed by atoms with Gasteiger partial charge in [0.05, 0.1) is 12.2 Å². The maximum absolute atomic E-state index is 5.26. The number of anilines is 1. The first kappa shape index (κ1) is 13.9. The van der Waals surface area contributed by atoms with E-state index in [4.69, 9.17) is 4.74 Å². The lowest BCUT2D eigenvalue weighted by Gasteiger charge is -2.15. The monoisotopic (exact) mass is 278 g/mol. The zero-order valence-corrected chi connectivity index (χ0v) is 12.4. The van der Waals surface area contributed by atoms with Crippen molar-refractivity contribution in [3.8, 4) is 0 Å². The van der Waals surface area contributed by atoms with E-state index in [1.54, 1.807) is 18.4 Å². The van der Waals surface area contributed by atoms with E-state index in [0.29, 0.717) is 12.5 Å². The van der Waals surface area contributed by atoms with Crippen LogP contribution in [-0.4, -0.2) is 29.1 Å². The summed E-state index contributed by atoms with van der Waals surface area (Å²) >= 11 is 1.62. The third-order valence-corrected chi connectivity index (χ3v) is 3.83. The highest BCUT2D eigenvalue weighted by molar-refractivity contribution is 7.09. The fourth-order valence-electron chi connectivity index (χ4n) is 1.58. The quantitative estimate of drug-likeness (QED) is 0.841. The molecule has 0 fully saturated rings. The number of nitrogens with zero attached hydrogens (tertiary/aromatic N) is 4. The number of hydrogen-bond donors (Lipinski definition) is 0. The Hall–Kier alpha value is -1.53. The molecule has 6 heteroatoms. The van der Waals surface area contributed by atoms with Crippen molar-refractivity contribution in [3.05, 3.63) is 34.0 Å². The second kappa shape index (κ2) is 6.08. The van der Waals surface area contributed by atoms with Gasteiger partial charge in [-0.25, -0.2) is 15.0 Å². The van der Waals surface area contributed by atoms with Gasteiger partial charge in [0.2, 0.25) is 5.95 Å². The number of aryl methyl sites for hydroxylation is 1. The van der Waals surface area contributed by atoms with Gasteiger partial charge in [-0.05, 0) is 19.4 Å². The summed E-state index contributed by atoms with van der Waals surface area (Å²) in [7, 11) is 3.65. The largest absolute Gasteiger partial charge is 0.375 e. The van der Waals surface area contributed by atoms with Gasteiger partial charge in [-0.15, -0.1) is 11.3 Å². The van der Waals surface area contributed by atoms with Crippen LogP contribution in [0.4, 0.5) is 5.95 Å². The van der Waals surface area contributed by atoms with Crippen LogP contribution in [0, 0.1) is 6.92 Å². The summed E-state index contributed by atoms with van der Waals surface area (Å²) in [4.78, 5) is 15.1. The summed E-state index contributed by atoms with van der Waals surface area (Å²) in [6.45, 7) is 4.66. The summed E-state index contributed by atoms with van der Waals surface area (Å²) in [5, 5.41) is 3.05. The molecule has 0 aromatic carbocycles. The standard InChI is InChI=1S/C13H18N4OS/c1-9-5-14-13(15-6-9)17(3)7-11-8-19-12(16-11)10(2)18-4/h5-6,8,10H,7H2,1-4H3. The average molecular weight is 278 g/mol. The minimum atomic E-state index is 0.0414. The molecule has 2 aromatic heterocycles. The van der Waals surface area contributed by atoms with E-state index in [1.165, 1.54) is 0 Å². The molecule has 0 spiro atoms. The van der Waals surface area contributed by atoms with Crippen molar-refractivity contribution < 1.29 is 4.74 Å². The van der Waals surface area contributed by atoms with Crippen molar-refractivity contribution >= 4 is 17.3 Å². The Balaban J connectivity index is 2.04. The number of ether oxygens (including phenoxy) is 1. The summed E-state index contributed by atoms with van der Waals surface area (Å²) < 4.78 is 5.26. The Morgan fingerprint density at radius 2 is 2.05 bits per heavy atom. The maximum atomic E-state index is 5.26. The normalized spacial score (nSPS) is 12.4.